The third-order valence-electron chi connectivity index (χ3n) is 4.94. The molecule has 0 aliphatic carbocycles. The van der Waals surface area contributed by atoms with Crippen LogP contribution in [0.25, 0.3) is 39.0 Å². The lowest BCUT2D eigenvalue weighted by Gasteiger charge is -2.11. The van der Waals surface area contributed by atoms with Crippen molar-refractivity contribution in [3.05, 3.63) is 84.0 Å². The number of ether oxygens (including phenoxy) is 2. The van der Waals surface area contributed by atoms with Gasteiger partial charge in [-0.05, 0) is 42.5 Å². The van der Waals surface area contributed by atoms with Gasteiger partial charge in [-0.15, -0.1) is 0 Å². The largest absolute Gasteiger partial charge is 0.513 e. The standard InChI is InChI=1S/C24H16ClN3O3/c1-30-24(29)31-18-8-10-21-16(13-18)11-12-28(21)23-26-20-9-7-17(25)14-19(20)22(27-23)15-5-3-2-4-6-15/h2-14H,1H3. The van der Waals surface area contributed by atoms with Gasteiger partial charge in [0.25, 0.3) is 0 Å². The Labute approximate surface area is 182 Å². The number of methoxy groups -OCH3 is 1. The Balaban J connectivity index is 1.68. The molecule has 0 fully saturated rings. The highest BCUT2D eigenvalue weighted by Crippen LogP contribution is 2.30. The SMILES string of the molecule is COC(=O)Oc1ccc2c(ccn2-c2nc(-c3ccccc3)c3cc(Cl)ccc3n2)c1. The predicted molar refractivity (Wildman–Crippen MR) is 120 cm³/mol. The van der Waals surface area contributed by atoms with Crippen molar-refractivity contribution in [2.75, 3.05) is 7.11 Å². The molecule has 0 unspecified atom stereocenters. The van der Waals surface area contributed by atoms with Crippen molar-refractivity contribution in [1.82, 2.24) is 14.5 Å². The van der Waals surface area contributed by atoms with Crippen LogP contribution in [0.3, 0.4) is 0 Å². The van der Waals surface area contributed by atoms with Crippen LogP contribution in [0.2, 0.25) is 5.02 Å². The van der Waals surface area contributed by atoms with E-state index in [0.717, 1.165) is 33.1 Å². The van der Waals surface area contributed by atoms with Crippen molar-refractivity contribution in [1.29, 1.82) is 0 Å². The summed E-state index contributed by atoms with van der Waals surface area (Å²) in [4.78, 5) is 21.0. The maximum Gasteiger partial charge on any atom is 0.513 e. The van der Waals surface area contributed by atoms with Crippen LogP contribution in [-0.4, -0.2) is 27.8 Å². The number of hydrogen-bond acceptors (Lipinski definition) is 5. The highest BCUT2D eigenvalue weighted by atomic mass is 35.5. The summed E-state index contributed by atoms with van der Waals surface area (Å²) in [6.45, 7) is 0. The van der Waals surface area contributed by atoms with Crippen LogP contribution < -0.4 is 4.74 Å². The molecule has 0 radical (unpaired) electrons. The van der Waals surface area contributed by atoms with Crippen molar-refractivity contribution in [2.45, 2.75) is 0 Å². The monoisotopic (exact) mass is 429 g/mol. The maximum absolute atomic E-state index is 11.4. The molecule has 7 heteroatoms. The van der Waals surface area contributed by atoms with Gasteiger partial charge in [-0.3, -0.25) is 4.57 Å². The van der Waals surface area contributed by atoms with Crippen molar-refractivity contribution in [2.24, 2.45) is 0 Å². The van der Waals surface area contributed by atoms with Crippen molar-refractivity contribution in [3.63, 3.8) is 0 Å². The summed E-state index contributed by atoms with van der Waals surface area (Å²) < 4.78 is 11.6. The Morgan fingerprint density at radius 2 is 1.81 bits per heavy atom. The lowest BCUT2D eigenvalue weighted by molar-refractivity contribution is 0.121. The van der Waals surface area contributed by atoms with Gasteiger partial charge in [0.2, 0.25) is 5.95 Å². The van der Waals surface area contributed by atoms with E-state index in [-0.39, 0.29) is 0 Å². The number of carbonyl (C=O) groups is 1. The minimum atomic E-state index is -0.761. The number of halogens is 1. The van der Waals surface area contributed by atoms with Gasteiger partial charge < -0.3 is 9.47 Å². The molecule has 5 rings (SSSR count). The zero-order valence-electron chi connectivity index (χ0n) is 16.4. The van der Waals surface area contributed by atoms with E-state index >= 15 is 0 Å². The first-order valence-electron chi connectivity index (χ1n) is 9.52. The van der Waals surface area contributed by atoms with Gasteiger partial charge >= 0.3 is 6.16 Å². The average molecular weight is 430 g/mol. The smallest absolute Gasteiger partial charge is 0.437 e. The molecule has 0 amide bonds. The topological polar surface area (TPSA) is 66.2 Å². The Morgan fingerprint density at radius 1 is 0.968 bits per heavy atom. The summed E-state index contributed by atoms with van der Waals surface area (Å²) >= 11 is 6.25. The van der Waals surface area contributed by atoms with Gasteiger partial charge in [0.1, 0.15) is 5.75 Å². The van der Waals surface area contributed by atoms with Crippen LogP contribution >= 0.6 is 11.6 Å². The number of fused-ring (bicyclic) bond motifs is 2. The van der Waals surface area contributed by atoms with Gasteiger partial charge in [0.05, 0.1) is 23.8 Å². The molecule has 0 saturated heterocycles. The second kappa shape index (κ2) is 7.74. The molecule has 3 aromatic carbocycles. The van der Waals surface area contributed by atoms with Crippen molar-refractivity contribution in [3.8, 4) is 23.0 Å². The molecule has 0 N–H and O–H groups in total. The lowest BCUT2D eigenvalue weighted by Crippen LogP contribution is -2.07. The molecule has 2 aromatic heterocycles. The van der Waals surface area contributed by atoms with Gasteiger partial charge in [-0.2, -0.15) is 0 Å². The number of aromatic nitrogens is 3. The second-order valence-electron chi connectivity index (χ2n) is 6.86. The summed E-state index contributed by atoms with van der Waals surface area (Å²) in [5.41, 5.74) is 3.45. The Kier molecular flexibility index (Phi) is 4.76. The molecule has 0 aliphatic rings. The zero-order chi connectivity index (χ0) is 21.4. The van der Waals surface area contributed by atoms with E-state index in [1.807, 2.05) is 71.4 Å². The summed E-state index contributed by atoms with van der Waals surface area (Å²) in [5, 5.41) is 2.39. The van der Waals surface area contributed by atoms with Gasteiger partial charge in [0.15, 0.2) is 0 Å². The number of carbonyl (C=O) groups excluding carboxylic acids is 1. The Morgan fingerprint density at radius 3 is 2.61 bits per heavy atom. The van der Waals surface area contributed by atoms with E-state index in [1.54, 1.807) is 12.1 Å². The summed E-state index contributed by atoms with van der Waals surface area (Å²) in [6.07, 6.45) is 1.13. The summed E-state index contributed by atoms with van der Waals surface area (Å²) in [7, 11) is 1.27. The first kappa shape index (κ1) is 19.1. The molecule has 5 aromatic rings. The third kappa shape index (κ3) is 3.58. The number of hydrogen-bond donors (Lipinski definition) is 0. The van der Waals surface area contributed by atoms with Crippen molar-refractivity contribution >= 4 is 39.6 Å². The molecule has 0 spiro atoms. The number of nitrogens with zero attached hydrogens (tertiary/aromatic N) is 3. The van der Waals surface area contributed by atoms with Crippen LogP contribution in [0.1, 0.15) is 0 Å². The summed E-state index contributed by atoms with van der Waals surface area (Å²) in [5.74, 6) is 0.932. The van der Waals surface area contributed by atoms with E-state index in [0.29, 0.717) is 16.7 Å². The first-order valence-corrected chi connectivity index (χ1v) is 9.90. The fourth-order valence-corrected chi connectivity index (χ4v) is 3.68. The molecule has 6 nitrogen and oxygen atoms in total. The Bertz CT molecular complexity index is 1430. The number of rotatable bonds is 3. The highest BCUT2D eigenvalue weighted by molar-refractivity contribution is 6.31. The molecule has 0 saturated carbocycles. The number of benzene rings is 3. The van der Waals surface area contributed by atoms with E-state index in [4.69, 9.17) is 26.3 Å². The Hall–Kier alpha value is -3.90. The van der Waals surface area contributed by atoms with Crippen LogP contribution in [-0.2, 0) is 4.74 Å². The van der Waals surface area contributed by atoms with E-state index < -0.39 is 6.16 Å². The van der Waals surface area contributed by atoms with Crippen LogP contribution in [0.4, 0.5) is 4.79 Å². The molecule has 0 aliphatic heterocycles. The zero-order valence-corrected chi connectivity index (χ0v) is 17.2. The van der Waals surface area contributed by atoms with E-state index in [2.05, 4.69) is 4.74 Å². The lowest BCUT2D eigenvalue weighted by atomic mass is 10.1. The average Bonchev–Trinajstić information content (AvgIpc) is 3.22. The minimum Gasteiger partial charge on any atom is -0.437 e. The molecule has 0 bridgehead atoms. The van der Waals surface area contributed by atoms with Gasteiger partial charge in [0, 0.05) is 27.6 Å². The molecule has 2 heterocycles. The second-order valence-corrected chi connectivity index (χ2v) is 7.30. The van der Waals surface area contributed by atoms with Crippen LogP contribution in [0, 0.1) is 0 Å². The van der Waals surface area contributed by atoms with Gasteiger partial charge in [-0.25, -0.2) is 14.8 Å². The molecular weight excluding hydrogens is 414 g/mol. The third-order valence-corrected chi connectivity index (χ3v) is 5.17. The molecule has 152 valence electrons. The van der Waals surface area contributed by atoms with Crippen LogP contribution in [0.15, 0.2) is 79.0 Å². The fourth-order valence-electron chi connectivity index (χ4n) is 3.51. The first-order chi connectivity index (χ1) is 15.1. The fraction of sp³-hybridized carbons (Fsp3) is 0.0417. The summed E-state index contributed by atoms with van der Waals surface area (Å²) in [6, 6.07) is 22.8. The molecule has 31 heavy (non-hydrogen) atoms. The minimum absolute atomic E-state index is 0.399. The highest BCUT2D eigenvalue weighted by Gasteiger charge is 2.14. The van der Waals surface area contributed by atoms with Crippen molar-refractivity contribution < 1.29 is 14.3 Å². The van der Waals surface area contributed by atoms with Crippen LogP contribution in [0.5, 0.6) is 5.75 Å². The molecule has 0 atom stereocenters. The van der Waals surface area contributed by atoms with E-state index in [1.165, 1.54) is 7.11 Å². The maximum atomic E-state index is 11.4. The molecular formula is C24H16ClN3O3. The van der Waals surface area contributed by atoms with Gasteiger partial charge in [-0.1, -0.05) is 41.9 Å². The normalized spacial score (nSPS) is 11.0. The van der Waals surface area contributed by atoms with E-state index in [9.17, 15) is 4.79 Å². The predicted octanol–water partition coefficient (Wildman–Crippen LogP) is 6.04. The quantitative estimate of drug-likeness (QED) is 0.258.